The molecule has 0 radical (unpaired) electrons. The minimum absolute atomic E-state index is 0.0357. The first-order valence-electron chi connectivity index (χ1n) is 10.4. The van der Waals surface area contributed by atoms with Crippen molar-refractivity contribution in [2.45, 2.75) is 58.7 Å². The molecule has 0 saturated heterocycles. The van der Waals surface area contributed by atoms with Gasteiger partial charge in [0.05, 0.1) is 10.5 Å². The van der Waals surface area contributed by atoms with Gasteiger partial charge in [-0.2, -0.15) is 5.10 Å². The second kappa shape index (κ2) is 8.60. The van der Waals surface area contributed by atoms with E-state index >= 15 is 0 Å². The minimum atomic E-state index is -0.226. The van der Waals surface area contributed by atoms with Crippen LogP contribution in [0.5, 0.6) is 0 Å². The van der Waals surface area contributed by atoms with Crippen molar-refractivity contribution in [1.82, 2.24) is 24.6 Å². The Kier molecular flexibility index (Phi) is 5.90. The Balaban J connectivity index is 1.43. The zero-order valence-corrected chi connectivity index (χ0v) is 18.0. The highest BCUT2D eigenvalue weighted by Gasteiger charge is 2.23. The number of nitrogens with zero attached hydrogens (tertiary/aromatic N) is 4. The number of aromatic nitrogens is 4. The summed E-state index contributed by atoms with van der Waals surface area (Å²) in [6.45, 7) is 5.47. The second-order valence-corrected chi connectivity index (χ2v) is 8.67. The molecule has 8 heteroatoms. The number of fused-ring (bicyclic) bond motifs is 2. The number of carbonyl (C=O) groups is 1. The largest absolute Gasteiger partial charge is 0.348 e. The Morgan fingerprint density at radius 3 is 2.90 bits per heavy atom. The number of nitrogens with one attached hydrogen (secondary N) is 1. The van der Waals surface area contributed by atoms with Crippen LogP contribution in [0.1, 0.15) is 49.4 Å². The first-order chi connectivity index (χ1) is 14.4. The van der Waals surface area contributed by atoms with Gasteiger partial charge in [0.2, 0.25) is 0 Å². The number of amides is 1. The lowest BCUT2D eigenvalue weighted by Gasteiger charge is -2.16. The third-order valence-electron chi connectivity index (χ3n) is 5.57. The van der Waals surface area contributed by atoms with Gasteiger partial charge in [-0.05, 0) is 37.3 Å². The fourth-order valence-electron chi connectivity index (χ4n) is 3.80. The number of hydrogen-bond acceptors (Lipinski definition) is 4. The van der Waals surface area contributed by atoms with Gasteiger partial charge in [-0.15, -0.1) is 0 Å². The Labute approximate surface area is 180 Å². The van der Waals surface area contributed by atoms with E-state index in [0.717, 1.165) is 24.1 Å². The van der Waals surface area contributed by atoms with E-state index in [1.54, 1.807) is 21.4 Å². The van der Waals surface area contributed by atoms with E-state index in [2.05, 4.69) is 29.2 Å². The predicted octanol–water partition coefficient (Wildman–Crippen LogP) is 3.43. The zero-order valence-electron chi connectivity index (χ0n) is 17.3. The molecule has 0 spiro atoms. The van der Waals surface area contributed by atoms with Gasteiger partial charge in [-0.1, -0.05) is 43.6 Å². The molecule has 1 amide bonds. The first kappa shape index (κ1) is 20.6. The van der Waals surface area contributed by atoms with Crippen LogP contribution in [0.3, 0.4) is 0 Å². The molecule has 3 heterocycles. The minimum Gasteiger partial charge on any atom is -0.348 e. The van der Waals surface area contributed by atoms with Crippen molar-refractivity contribution in [2.24, 2.45) is 5.92 Å². The predicted molar refractivity (Wildman–Crippen MR) is 117 cm³/mol. The van der Waals surface area contributed by atoms with Crippen molar-refractivity contribution < 1.29 is 4.79 Å². The zero-order chi connectivity index (χ0) is 21.3. The quantitative estimate of drug-likeness (QED) is 0.676. The Morgan fingerprint density at radius 1 is 1.27 bits per heavy atom. The molecule has 1 aromatic carbocycles. The lowest BCUT2D eigenvalue weighted by Crippen LogP contribution is -2.36. The van der Waals surface area contributed by atoms with Gasteiger partial charge >= 0.3 is 5.69 Å². The number of para-hydroxylation sites is 1. The summed E-state index contributed by atoms with van der Waals surface area (Å²) in [5.41, 5.74) is 0.909. The molecule has 7 nitrogen and oxygen atoms in total. The molecular formula is C22H26ClN5O2. The summed E-state index contributed by atoms with van der Waals surface area (Å²) in [4.78, 5) is 29.8. The van der Waals surface area contributed by atoms with Crippen LogP contribution >= 0.6 is 11.6 Å². The molecule has 0 saturated carbocycles. The standard InChI is InChI=1S/C22H26ClN5O2/c1-14(2)10-13-28-22(30)27-12-11-16(7-9-19(27)26-28)24-21(29)18-8-6-15-4-3-5-17(23)20(15)25-18/h3-6,8,14,16H,7,9-13H2,1-2H3,(H,24,29). The molecule has 1 aliphatic heterocycles. The maximum Gasteiger partial charge on any atom is 0.345 e. The SMILES string of the molecule is CC(C)CCn1nc2n(c1=O)CCC(NC(=O)c1ccc3cccc(Cl)c3n1)CC2. The van der Waals surface area contributed by atoms with Gasteiger partial charge in [-0.25, -0.2) is 14.5 Å². The molecule has 4 rings (SSSR count). The van der Waals surface area contributed by atoms with Crippen LogP contribution in [0.4, 0.5) is 0 Å². The first-order valence-corrected chi connectivity index (χ1v) is 10.8. The van der Waals surface area contributed by atoms with E-state index in [0.29, 0.717) is 48.1 Å². The highest BCUT2D eigenvalue weighted by Crippen LogP contribution is 2.21. The summed E-state index contributed by atoms with van der Waals surface area (Å²) in [6.07, 6.45) is 3.01. The summed E-state index contributed by atoms with van der Waals surface area (Å²) in [5.74, 6) is 1.10. The van der Waals surface area contributed by atoms with Gasteiger partial charge in [0.1, 0.15) is 11.5 Å². The maximum absolute atomic E-state index is 12.8. The van der Waals surface area contributed by atoms with Crippen LogP contribution in [-0.2, 0) is 19.5 Å². The Morgan fingerprint density at radius 2 is 2.10 bits per heavy atom. The number of aryl methyl sites for hydroxylation is 2. The van der Waals surface area contributed by atoms with Crippen molar-refractivity contribution in [3.63, 3.8) is 0 Å². The van der Waals surface area contributed by atoms with Crippen LogP contribution < -0.4 is 11.0 Å². The molecule has 2 aromatic heterocycles. The van der Waals surface area contributed by atoms with E-state index in [1.165, 1.54) is 0 Å². The van der Waals surface area contributed by atoms with Crippen LogP contribution in [0.25, 0.3) is 10.9 Å². The molecule has 158 valence electrons. The number of benzene rings is 1. The topological polar surface area (TPSA) is 81.8 Å². The van der Waals surface area contributed by atoms with E-state index < -0.39 is 0 Å². The lowest BCUT2D eigenvalue weighted by molar-refractivity contribution is 0.0928. The summed E-state index contributed by atoms with van der Waals surface area (Å²) in [5, 5.41) is 9.01. The van der Waals surface area contributed by atoms with E-state index in [4.69, 9.17) is 11.6 Å². The van der Waals surface area contributed by atoms with Crippen molar-refractivity contribution in [3.8, 4) is 0 Å². The smallest absolute Gasteiger partial charge is 0.345 e. The molecule has 0 bridgehead atoms. The van der Waals surface area contributed by atoms with Gasteiger partial charge < -0.3 is 5.32 Å². The van der Waals surface area contributed by atoms with Crippen LogP contribution in [0.2, 0.25) is 5.02 Å². The van der Waals surface area contributed by atoms with Gasteiger partial charge in [-0.3, -0.25) is 9.36 Å². The van der Waals surface area contributed by atoms with Crippen molar-refractivity contribution >= 4 is 28.4 Å². The number of rotatable bonds is 5. The van der Waals surface area contributed by atoms with Crippen LogP contribution in [0, 0.1) is 5.92 Å². The Hall–Kier alpha value is -2.67. The number of pyridine rings is 1. The van der Waals surface area contributed by atoms with Crippen LogP contribution in [0.15, 0.2) is 35.1 Å². The highest BCUT2D eigenvalue weighted by molar-refractivity contribution is 6.35. The van der Waals surface area contributed by atoms with E-state index in [9.17, 15) is 9.59 Å². The Bertz CT molecular complexity index is 1130. The molecule has 1 unspecified atom stereocenters. The second-order valence-electron chi connectivity index (χ2n) is 8.26. The van der Waals surface area contributed by atoms with Crippen molar-refractivity contribution in [2.75, 3.05) is 0 Å². The third-order valence-corrected chi connectivity index (χ3v) is 5.88. The number of halogens is 1. The van der Waals surface area contributed by atoms with E-state index in [-0.39, 0.29) is 17.6 Å². The number of hydrogen-bond donors (Lipinski definition) is 1. The molecule has 0 fully saturated rings. The molecule has 1 aliphatic rings. The van der Waals surface area contributed by atoms with Crippen molar-refractivity contribution in [1.29, 1.82) is 0 Å². The average Bonchev–Trinajstić information content (AvgIpc) is 2.89. The number of carbonyl (C=O) groups excluding carboxylic acids is 1. The molecule has 3 aromatic rings. The summed E-state index contributed by atoms with van der Waals surface area (Å²) >= 11 is 6.22. The normalized spacial score (nSPS) is 16.5. The van der Waals surface area contributed by atoms with Crippen molar-refractivity contribution in [3.05, 3.63) is 57.4 Å². The summed E-state index contributed by atoms with van der Waals surface area (Å²) in [6, 6.07) is 9.06. The van der Waals surface area contributed by atoms with Gasteiger partial charge in [0, 0.05) is 30.9 Å². The third kappa shape index (κ3) is 4.26. The molecular weight excluding hydrogens is 402 g/mol. The average molecular weight is 428 g/mol. The molecule has 1 N–H and O–H groups in total. The lowest BCUT2D eigenvalue weighted by atomic mass is 10.1. The summed E-state index contributed by atoms with van der Waals surface area (Å²) < 4.78 is 3.33. The molecule has 0 aliphatic carbocycles. The highest BCUT2D eigenvalue weighted by atomic mass is 35.5. The van der Waals surface area contributed by atoms with E-state index in [1.807, 2.05) is 18.2 Å². The fraction of sp³-hybridized carbons (Fsp3) is 0.455. The maximum atomic E-state index is 12.8. The molecule has 30 heavy (non-hydrogen) atoms. The molecule has 1 atom stereocenters. The fourth-order valence-corrected chi connectivity index (χ4v) is 4.02. The monoisotopic (exact) mass is 427 g/mol. The summed E-state index contributed by atoms with van der Waals surface area (Å²) in [7, 11) is 0. The van der Waals surface area contributed by atoms with Gasteiger partial charge in [0.15, 0.2) is 0 Å². The van der Waals surface area contributed by atoms with Gasteiger partial charge in [0.25, 0.3) is 5.91 Å². The van der Waals surface area contributed by atoms with Crippen LogP contribution in [-0.4, -0.2) is 31.3 Å².